The highest BCUT2D eigenvalue weighted by Gasteiger charge is 2.10. The molecule has 0 bridgehead atoms. The minimum absolute atomic E-state index is 0.0953. The van der Waals surface area contributed by atoms with Gasteiger partial charge in [-0.05, 0) is 31.5 Å². The Morgan fingerprint density at radius 2 is 2.08 bits per heavy atom. The van der Waals surface area contributed by atoms with Crippen molar-refractivity contribution >= 4 is 17.2 Å². The summed E-state index contributed by atoms with van der Waals surface area (Å²) in [4.78, 5) is 28.1. The van der Waals surface area contributed by atoms with Crippen molar-refractivity contribution in [2.24, 2.45) is 0 Å². The molecule has 3 rings (SSSR count). The molecule has 1 aromatic carbocycles. The molecule has 1 N–H and O–H groups in total. The van der Waals surface area contributed by atoms with Gasteiger partial charge in [-0.2, -0.15) is 0 Å². The van der Waals surface area contributed by atoms with E-state index in [1.165, 1.54) is 6.07 Å². The molecule has 0 aliphatic rings. The van der Waals surface area contributed by atoms with E-state index in [1.807, 2.05) is 19.1 Å². The molecule has 0 saturated carbocycles. The van der Waals surface area contributed by atoms with E-state index in [4.69, 9.17) is 9.26 Å². The fourth-order valence-corrected chi connectivity index (χ4v) is 2.41. The van der Waals surface area contributed by atoms with Gasteiger partial charge in [-0.15, -0.1) is 4.57 Å². The number of carbonyl (C=O) groups is 1. The zero-order valence-corrected chi connectivity index (χ0v) is 14.3. The predicted octanol–water partition coefficient (Wildman–Crippen LogP) is 2.83. The van der Waals surface area contributed by atoms with E-state index in [0.29, 0.717) is 35.0 Å². The highest BCUT2D eigenvalue weighted by molar-refractivity contribution is 5.92. The van der Waals surface area contributed by atoms with Crippen molar-refractivity contribution in [1.82, 2.24) is 9.56 Å². The predicted molar refractivity (Wildman–Crippen MR) is 92.9 cm³/mol. The first-order valence-electron chi connectivity index (χ1n) is 7.99. The number of hydrogen-bond donors (Lipinski definition) is 1. The normalized spacial score (nSPS) is 10.8. The van der Waals surface area contributed by atoms with Gasteiger partial charge < -0.3 is 14.6 Å². The van der Waals surface area contributed by atoms with E-state index < -0.39 is 0 Å². The van der Waals surface area contributed by atoms with Gasteiger partial charge in [0.1, 0.15) is 18.1 Å². The SMILES string of the molecule is CCC(=O)Nc1cc(C)ccc1OCc1cc(=O)n2oc(C)cc2n1. The maximum Gasteiger partial charge on any atom is 0.287 e. The monoisotopic (exact) mass is 341 g/mol. The second-order valence-corrected chi connectivity index (χ2v) is 5.77. The summed E-state index contributed by atoms with van der Waals surface area (Å²) in [6.45, 7) is 5.57. The smallest absolute Gasteiger partial charge is 0.287 e. The van der Waals surface area contributed by atoms with Gasteiger partial charge in [0.2, 0.25) is 5.91 Å². The van der Waals surface area contributed by atoms with E-state index >= 15 is 0 Å². The summed E-state index contributed by atoms with van der Waals surface area (Å²) in [7, 11) is 0. The second kappa shape index (κ2) is 6.80. The minimum atomic E-state index is -0.305. The summed E-state index contributed by atoms with van der Waals surface area (Å²) in [5.41, 5.74) is 2.22. The summed E-state index contributed by atoms with van der Waals surface area (Å²) in [6.07, 6.45) is 0.377. The first kappa shape index (κ1) is 16.8. The van der Waals surface area contributed by atoms with E-state index in [1.54, 1.807) is 26.0 Å². The maximum absolute atomic E-state index is 12.0. The minimum Gasteiger partial charge on any atom is -0.485 e. The maximum atomic E-state index is 12.0. The van der Waals surface area contributed by atoms with E-state index in [0.717, 1.165) is 10.1 Å². The summed E-state index contributed by atoms with van der Waals surface area (Å²) < 4.78 is 12.2. The van der Waals surface area contributed by atoms with Crippen LogP contribution in [0.25, 0.3) is 5.65 Å². The number of ether oxygens (including phenoxy) is 1. The molecule has 0 spiro atoms. The number of fused-ring (bicyclic) bond motifs is 1. The topological polar surface area (TPSA) is 85.8 Å². The lowest BCUT2D eigenvalue weighted by atomic mass is 10.2. The van der Waals surface area contributed by atoms with Gasteiger partial charge in [0.25, 0.3) is 5.56 Å². The average Bonchev–Trinajstić information content (AvgIpc) is 2.95. The molecule has 0 radical (unpaired) electrons. The summed E-state index contributed by atoms with van der Waals surface area (Å²) in [5, 5.41) is 2.82. The number of amides is 1. The van der Waals surface area contributed by atoms with Gasteiger partial charge in [-0.1, -0.05) is 13.0 Å². The van der Waals surface area contributed by atoms with Crippen LogP contribution in [0.1, 0.15) is 30.4 Å². The first-order chi connectivity index (χ1) is 12.0. The van der Waals surface area contributed by atoms with E-state index in [9.17, 15) is 9.59 Å². The quantitative estimate of drug-likeness (QED) is 0.771. The van der Waals surface area contributed by atoms with Crippen molar-refractivity contribution in [3.8, 4) is 5.75 Å². The Bertz CT molecular complexity index is 988. The Hall–Kier alpha value is -3.09. The zero-order valence-electron chi connectivity index (χ0n) is 14.3. The molecule has 0 aliphatic heterocycles. The van der Waals surface area contributed by atoms with Crippen molar-refractivity contribution in [3.63, 3.8) is 0 Å². The van der Waals surface area contributed by atoms with Crippen LogP contribution in [0.3, 0.4) is 0 Å². The van der Waals surface area contributed by atoms with Crippen LogP contribution >= 0.6 is 0 Å². The number of rotatable bonds is 5. The largest absolute Gasteiger partial charge is 0.485 e. The van der Waals surface area contributed by atoms with E-state index in [-0.39, 0.29) is 18.1 Å². The van der Waals surface area contributed by atoms with Gasteiger partial charge in [-0.25, -0.2) is 4.98 Å². The number of carbonyl (C=O) groups excluding carboxylic acids is 1. The molecule has 7 nitrogen and oxygen atoms in total. The van der Waals surface area contributed by atoms with Crippen molar-refractivity contribution < 1.29 is 14.1 Å². The fourth-order valence-electron chi connectivity index (χ4n) is 2.41. The molecule has 7 heteroatoms. The Kier molecular flexibility index (Phi) is 4.56. The molecule has 130 valence electrons. The van der Waals surface area contributed by atoms with Crippen LogP contribution in [-0.4, -0.2) is 15.5 Å². The average molecular weight is 341 g/mol. The molecule has 1 amide bonds. The second-order valence-electron chi connectivity index (χ2n) is 5.77. The molecule has 0 atom stereocenters. The third kappa shape index (κ3) is 3.71. The summed E-state index contributed by atoms with van der Waals surface area (Å²) in [6, 6.07) is 8.57. The number of hydrogen-bond acceptors (Lipinski definition) is 5. The number of nitrogens with zero attached hydrogens (tertiary/aromatic N) is 2. The van der Waals surface area contributed by atoms with Crippen molar-refractivity contribution in [2.45, 2.75) is 33.8 Å². The number of nitrogens with one attached hydrogen (secondary N) is 1. The number of aromatic nitrogens is 2. The van der Waals surface area contributed by atoms with Gasteiger partial charge in [-0.3, -0.25) is 9.59 Å². The van der Waals surface area contributed by atoms with Gasteiger partial charge in [0, 0.05) is 18.6 Å². The third-order valence-electron chi connectivity index (χ3n) is 3.63. The molecule has 0 unspecified atom stereocenters. The number of benzene rings is 1. The van der Waals surface area contributed by atoms with Gasteiger partial charge in [0.15, 0.2) is 5.65 Å². The molecule has 0 saturated heterocycles. The Morgan fingerprint density at radius 1 is 1.28 bits per heavy atom. The summed E-state index contributed by atoms with van der Waals surface area (Å²) in [5.74, 6) is 1.03. The lowest BCUT2D eigenvalue weighted by molar-refractivity contribution is -0.115. The molecular weight excluding hydrogens is 322 g/mol. The Labute approximate surface area is 144 Å². The van der Waals surface area contributed by atoms with Crippen LogP contribution in [0.2, 0.25) is 0 Å². The molecule has 25 heavy (non-hydrogen) atoms. The highest BCUT2D eigenvalue weighted by Crippen LogP contribution is 2.26. The number of aryl methyl sites for hydroxylation is 2. The Balaban J connectivity index is 1.84. The van der Waals surface area contributed by atoms with Crippen LogP contribution in [0.4, 0.5) is 5.69 Å². The third-order valence-corrected chi connectivity index (χ3v) is 3.63. The van der Waals surface area contributed by atoms with Crippen molar-refractivity contribution in [1.29, 1.82) is 0 Å². The van der Waals surface area contributed by atoms with Crippen LogP contribution < -0.4 is 15.6 Å². The van der Waals surface area contributed by atoms with Crippen LogP contribution in [0, 0.1) is 13.8 Å². The molecule has 0 fully saturated rings. The lowest BCUT2D eigenvalue weighted by Gasteiger charge is -2.13. The van der Waals surface area contributed by atoms with Crippen molar-refractivity contribution in [2.75, 3.05) is 5.32 Å². The molecule has 3 aromatic rings. The molecule has 0 aliphatic carbocycles. The number of anilines is 1. The fraction of sp³-hybridized carbons (Fsp3) is 0.278. The highest BCUT2D eigenvalue weighted by atomic mass is 16.5. The first-order valence-corrected chi connectivity index (χ1v) is 7.99. The van der Waals surface area contributed by atoms with Crippen LogP contribution in [0.15, 0.2) is 39.6 Å². The Morgan fingerprint density at radius 3 is 2.84 bits per heavy atom. The molecular formula is C18H19N3O4. The lowest BCUT2D eigenvalue weighted by Crippen LogP contribution is -2.15. The van der Waals surface area contributed by atoms with Gasteiger partial charge in [0.05, 0.1) is 11.4 Å². The van der Waals surface area contributed by atoms with E-state index in [2.05, 4.69) is 10.3 Å². The zero-order chi connectivity index (χ0) is 18.0. The molecule has 2 heterocycles. The van der Waals surface area contributed by atoms with Crippen molar-refractivity contribution in [3.05, 3.63) is 57.7 Å². The van der Waals surface area contributed by atoms with Gasteiger partial charge >= 0.3 is 0 Å². The van der Waals surface area contributed by atoms with Crippen LogP contribution in [0.5, 0.6) is 5.75 Å². The molecule has 2 aromatic heterocycles. The standard InChI is InChI=1S/C18H19N3O4/c1-4-17(22)20-14-7-11(2)5-6-15(14)24-10-13-9-18(23)21-16(19-13)8-12(3)25-21/h5-9H,4,10H2,1-3H3,(H,20,22). The summed E-state index contributed by atoms with van der Waals surface area (Å²) >= 11 is 0. The van der Waals surface area contributed by atoms with Crippen LogP contribution in [-0.2, 0) is 11.4 Å².